The minimum absolute atomic E-state index is 0.00883. The molecule has 1 aromatic carbocycles. The number of ether oxygens (including phenoxy) is 1. The minimum atomic E-state index is -2.82. The molecule has 2 rings (SSSR count). The summed E-state index contributed by atoms with van der Waals surface area (Å²) in [6, 6.07) is 6.35. The third-order valence-corrected chi connectivity index (χ3v) is 3.77. The first-order valence-electron chi connectivity index (χ1n) is 6.68. The number of alkyl halides is 2. The predicted octanol–water partition coefficient (Wildman–Crippen LogP) is 2.66. The van der Waals surface area contributed by atoms with Crippen LogP contribution in [0.2, 0.25) is 0 Å². The van der Waals surface area contributed by atoms with E-state index < -0.39 is 5.92 Å². The molecule has 1 saturated heterocycles. The molecule has 20 heavy (non-hydrogen) atoms. The number of carbonyl (C=O) groups is 1. The van der Waals surface area contributed by atoms with E-state index in [1.165, 1.54) is 19.2 Å². The van der Waals surface area contributed by atoms with Gasteiger partial charge in [0.1, 0.15) is 0 Å². The Morgan fingerprint density at radius 2 is 1.95 bits per heavy atom. The lowest BCUT2D eigenvalue weighted by atomic mass is 9.85. The third kappa shape index (κ3) is 3.33. The fourth-order valence-electron chi connectivity index (χ4n) is 2.59. The molecule has 0 bridgehead atoms. The number of halogens is 2. The van der Waals surface area contributed by atoms with E-state index in [-0.39, 0.29) is 23.4 Å². The van der Waals surface area contributed by atoms with Crippen molar-refractivity contribution in [2.45, 2.75) is 25.2 Å². The van der Waals surface area contributed by atoms with Gasteiger partial charge >= 0.3 is 5.97 Å². The van der Waals surface area contributed by atoms with Crippen LogP contribution in [0.1, 0.15) is 30.4 Å². The Kier molecular flexibility index (Phi) is 4.38. The molecule has 0 radical (unpaired) electrons. The molecular weight excluding hydrogens is 264 g/mol. The maximum atomic E-state index is 13.2. The number of methoxy groups -OCH3 is 1. The largest absolute Gasteiger partial charge is 0.469 e. The lowest BCUT2D eigenvalue weighted by Gasteiger charge is -2.29. The lowest BCUT2D eigenvalue weighted by Crippen LogP contribution is -2.39. The molecule has 1 aliphatic heterocycles. The van der Waals surface area contributed by atoms with E-state index in [4.69, 9.17) is 4.74 Å². The Hall–Kier alpha value is -1.49. The van der Waals surface area contributed by atoms with Crippen molar-refractivity contribution in [2.75, 3.05) is 20.2 Å². The molecule has 1 fully saturated rings. The lowest BCUT2D eigenvalue weighted by molar-refractivity contribution is -0.146. The summed E-state index contributed by atoms with van der Waals surface area (Å²) in [5.74, 6) is -3.07. The minimum Gasteiger partial charge on any atom is -0.469 e. The summed E-state index contributed by atoms with van der Waals surface area (Å²) >= 11 is 0. The quantitative estimate of drug-likeness (QED) is 0.867. The summed E-state index contributed by atoms with van der Waals surface area (Å²) in [4.78, 5) is 11.6. The molecule has 1 aliphatic rings. The molecule has 1 N–H and O–H groups in total. The second-order valence-electron chi connectivity index (χ2n) is 5.32. The molecule has 0 aromatic heterocycles. The Balaban J connectivity index is 2.09. The Morgan fingerprint density at radius 1 is 1.30 bits per heavy atom. The smallest absolute Gasteiger partial charge is 0.309 e. The van der Waals surface area contributed by atoms with E-state index in [9.17, 15) is 13.6 Å². The second kappa shape index (κ2) is 5.87. The SMILES string of the molecule is COC(=O)[C@H]1CNC[C@H](c2ccc(C(C)(F)F)cc2)C1. The maximum absolute atomic E-state index is 13.2. The molecule has 1 aromatic rings. The highest BCUT2D eigenvalue weighted by Crippen LogP contribution is 2.31. The first-order chi connectivity index (χ1) is 9.41. The molecule has 2 atom stereocenters. The Labute approximate surface area is 117 Å². The summed E-state index contributed by atoms with van der Waals surface area (Å²) in [6.07, 6.45) is 0.682. The molecule has 0 spiro atoms. The van der Waals surface area contributed by atoms with Crippen LogP contribution < -0.4 is 5.32 Å². The zero-order chi connectivity index (χ0) is 14.8. The topological polar surface area (TPSA) is 38.3 Å². The van der Waals surface area contributed by atoms with Crippen LogP contribution in [-0.4, -0.2) is 26.2 Å². The van der Waals surface area contributed by atoms with Crippen molar-refractivity contribution in [1.29, 1.82) is 0 Å². The number of hydrogen-bond donors (Lipinski definition) is 1. The second-order valence-corrected chi connectivity index (χ2v) is 5.32. The summed E-state index contributed by atoms with van der Waals surface area (Å²) in [7, 11) is 1.38. The number of nitrogens with one attached hydrogen (secondary N) is 1. The van der Waals surface area contributed by atoms with Crippen molar-refractivity contribution >= 4 is 5.97 Å². The van der Waals surface area contributed by atoms with E-state index >= 15 is 0 Å². The maximum Gasteiger partial charge on any atom is 0.309 e. The summed E-state index contributed by atoms with van der Waals surface area (Å²) in [5, 5.41) is 3.19. The van der Waals surface area contributed by atoms with Crippen molar-refractivity contribution in [2.24, 2.45) is 5.92 Å². The summed E-state index contributed by atoms with van der Waals surface area (Å²) in [6.45, 7) is 2.24. The molecule has 5 heteroatoms. The fraction of sp³-hybridized carbons (Fsp3) is 0.533. The van der Waals surface area contributed by atoms with Crippen molar-refractivity contribution in [3.63, 3.8) is 0 Å². The average Bonchev–Trinajstić information content (AvgIpc) is 2.46. The Bertz CT molecular complexity index is 468. The molecular formula is C15H19F2NO2. The van der Waals surface area contributed by atoms with Crippen LogP contribution in [0.5, 0.6) is 0 Å². The van der Waals surface area contributed by atoms with Crippen LogP contribution >= 0.6 is 0 Å². The van der Waals surface area contributed by atoms with E-state index in [1.54, 1.807) is 12.1 Å². The molecule has 3 nitrogen and oxygen atoms in total. The van der Waals surface area contributed by atoms with Crippen molar-refractivity contribution < 1.29 is 18.3 Å². The number of esters is 1. The number of carbonyl (C=O) groups excluding carboxylic acids is 1. The zero-order valence-electron chi connectivity index (χ0n) is 11.7. The highest BCUT2D eigenvalue weighted by atomic mass is 19.3. The van der Waals surface area contributed by atoms with Gasteiger partial charge in [0.2, 0.25) is 0 Å². The van der Waals surface area contributed by atoms with Gasteiger partial charge in [-0.1, -0.05) is 24.3 Å². The van der Waals surface area contributed by atoms with Crippen LogP contribution in [0.15, 0.2) is 24.3 Å². The highest BCUT2D eigenvalue weighted by molar-refractivity contribution is 5.72. The van der Waals surface area contributed by atoms with Gasteiger partial charge < -0.3 is 10.1 Å². The fourth-order valence-corrected chi connectivity index (χ4v) is 2.59. The van der Waals surface area contributed by atoms with Gasteiger partial charge in [-0.2, -0.15) is 0 Å². The number of piperidine rings is 1. The van der Waals surface area contributed by atoms with Gasteiger partial charge in [-0.3, -0.25) is 4.79 Å². The third-order valence-electron chi connectivity index (χ3n) is 3.77. The van der Waals surface area contributed by atoms with E-state index in [0.29, 0.717) is 13.0 Å². The van der Waals surface area contributed by atoms with Gasteiger partial charge in [0, 0.05) is 25.6 Å². The van der Waals surface area contributed by atoms with E-state index in [2.05, 4.69) is 5.32 Å². The van der Waals surface area contributed by atoms with Crippen molar-refractivity contribution in [3.8, 4) is 0 Å². The molecule has 0 aliphatic carbocycles. The Morgan fingerprint density at radius 3 is 2.50 bits per heavy atom. The van der Waals surface area contributed by atoms with E-state index in [1.807, 2.05) is 0 Å². The number of benzene rings is 1. The normalized spacial score (nSPS) is 23.4. The molecule has 0 amide bonds. The summed E-state index contributed by atoms with van der Waals surface area (Å²) in [5.41, 5.74) is 0.980. The average molecular weight is 283 g/mol. The monoisotopic (exact) mass is 283 g/mol. The van der Waals surface area contributed by atoms with Gasteiger partial charge in [-0.25, -0.2) is 8.78 Å². The summed E-state index contributed by atoms with van der Waals surface area (Å²) < 4.78 is 31.1. The van der Waals surface area contributed by atoms with Crippen LogP contribution in [0, 0.1) is 5.92 Å². The number of hydrogen-bond acceptors (Lipinski definition) is 3. The van der Waals surface area contributed by atoms with E-state index in [0.717, 1.165) is 19.0 Å². The van der Waals surface area contributed by atoms with Gasteiger partial charge in [0.15, 0.2) is 0 Å². The standard InChI is InChI=1S/C15H19F2NO2/c1-15(16,17)13-5-3-10(4-6-13)11-7-12(9-18-8-11)14(19)20-2/h3-6,11-12,18H,7-9H2,1-2H3/t11-,12-/m1/s1. The molecule has 0 unspecified atom stereocenters. The number of rotatable bonds is 3. The van der Waals surface area contributed by atoms with Gasteiger partial charge in [0.05, 0.1) is 13.0 Å². The molecule has 0 saturated carbocycles. The first kappa shape index (κ1) is 14.9. The molecule has 1 heterocycles. The van der Waals surface area contributed by atoms with Gasteiger partial charge in [-0.15, -0.1) is 0 Å². The van der Waals surface area contributed by atoms with Crippen molar-refractivity contribution in [3.05, 3.63) is 35.4 Å². The van der Waals surface area contributed by atoms with Gasteiger partial charge in [0.25, 0.3) is 5.92 Å². The van der Waals surface area contributed by atoms with Crippen LogP contribution in [0.4, 0.5) is 8.78 Å². The molecule has 110 valence electrons. The van der Waals surface area contributed by atoms with Crippen LogP contribution in [0.3, 0.4) is 0 Å². The zero-order valence-corrected chi connectivity index (χ0v) is 11.7. The highest BCUT2D eigenvalue weighted by Gasteiger charge is 2.29. The van der Waals surface area contributed by atoms with Gasteiger partial charge in [-0.05, 0) is 17.9 Å². The van der Waals surface area contributed by atoms with Crippen LogP contribution in [0.25, 0.3) is 0 Å². The predicted molar refractivity (Wildman–Crippen MR) is 71.7 cm³/mol. The first-order valence-corrected chi connectivity index (χ1v) is 6.68. The van der Waals surface area contributed by atoms with Crippen molar-refractivity contribution in [1.82, 2.24) is 5.32 Å². The van der Waals surface area contributed by atoms with Crippen LogP contribution in [-0.2, 0) is 15.5 Å².